The number of carbonyl (C=O) groups is 1. The van der Waals surface area contributed by atoms with E-state index in [0.717, 1.165) is 48.3 Å². The maximum Gasteiger partial charge on any atom is 0.286 e. The van der Waals surface area contributed by atoms with Crippen molar-refractivity contribution in [1.29, 1.82) is 0 Å². The molecule has 1 N–H and O–H groups in total. The number of nitrogens with one attached hydrogen (secondary N) is 1. The molecule has 1 aliphatic rings. The number of nitrogens with zero attached hydrogens (tertiary/aromatic N) is 3. The lowest BCUT2D eigenvalue weighted by atomic mass is 10.0. The second-order valence-corrected chi connectivity index (χ2v) is 8.71. The molecule has 33 heavy (non-hydrogen) atoms. The zero-order valence-electron chi connectivity index (χ0n) is 18.4. The average molecular weight is 479 g/mol. The van der Waals surface area contributed by atoms with Crippen LogP contribution in [0.4, 0.5) is 0 Å². The molecule has 2 heterocycles. The molecule has 0 aliphatic carbocycles. The first-order chi connectivity index (χ1) is 16.0. The molecule has 1 aromatic heterocycles. The Kier molecular flexibility index (Phi) is 7.20. The lowest BCUT2D eigenvalue weighted by Gasteiger charge is -2.26. The minimum absolute atomic E-state index is 0.229. The number of hydrazine groups is 1. The van der Waals surface area contributed by atoms with Gasteiger partial charge in [0, 0.05) is 34.8 Å². The first-order valence-electron chi connectivity index (χ1n) is 10.8. The Morgan fingerprint density at radius 3 is 2.52 bits per heavy atom. The van der Waals surface area contributed by atoms with Gasteiger partial charge in [-0.05, 0) is 56.2 Å². The first kappa shape index (κ1) is 23.1. The van der Waals surface area contributed by atoms with Crippen molar-refractivity contribution in [3.05, 3.63) is 82.0 Å². The number of hydrogen-bond acceptors (Lipinski definition) is 3. The summed E-state index contributed by atoms with van der Waals surface area (Å²) in [7, 11) is 0. The molecule has 1 saturated heterocycles. The number of amides is 1. The van der Waals surface area contributed by atoms with Crippen LogP contribution in [0.2, 0.25) is 10.0 Å². The number of hydrogen-bond donors (Lipinski definition) is 1. The minimum atomic E-state index is -0.229. The van der Waals surface area contributed by atoms with Crippen molar-refractivity contribution in [2.75, 3.05) is 13.1 Å². The third kappa shape index (κ3) is 5.15. The molecule has 168 valence electrons. The van der Waals surface area contributed by atoms with Crippen molar-refractivity contribution in [1.82, 2.24) is 20.2 Å². The van der Waals surface area contributed by atoms with Gasteiger partial charge in [0.15, 0.2) is 5.69 Å². The largest absolute Gasteiger partial charge is 0.286 e. The van der Waals surface area contributed by atoms with Crippen LogP contribution in [0.1, 0.15) is 40.9 Å². The first-order valence-corrected chi connectivity index (χ1v) is 11.6. The summed E-state index contributed by atoms with van der Waals surface area (Å²) in [5.74, 6) is 5.65. The number of carbonyl (C=O) groups excluding carboxylic acids is 1. The van der Waals surface area contributed by atoms with E-state index in [1.54, 1.807) is 29.0 Å². The fraction of sp³-hybridized carbons (Fsp3) is 0.231. The Morgan fingerprint density at radius 2 is 1.85 bits per heavy atom. The maximum atomic E-state index is 13.2. The van der Waals surface area contributed by atoms with Crippen molar-refractivity contribution in [2.24, 2.45) is 0 Å². The summed E-state index contributed by atoms with van der Waals surface area (Å²) in [5.41, 5.74) is 7.33. The lowest BCUT2D eigenvalue weighted by Crippen LogP contribution is -2.45. The quantitative estimate of drug-likeness (QED) is 0.480. The Labute approximate surface area is 204 Å². The highest BCUT2D eigenvalue weighted by Crippen LogP contribution is 2.33. The van der Waals surface area contributed by atoms with Gasteiger partial charge in [-0.15, -0.1) is 0 Å². The fourth-order valence-electron chi connectivity index (χ4n) is 3.93. The Morgan fingerprint density at radius 1 is 1.12 bits per heavy atom. The third-order valence-electron chi connectivity index (χ3n) is 5.57. The SMILES string of the molecule is C=CC#Cc1ccc(-c2c(C)c(C(=O)NN3CCCCC3)nn2-c2ccc(Cl)cc2Cl)cc1. The van der Waals surface area contributed by atoms with Crippen LogP contribution in [0.3, 0.4) is 0 Å². The Balaban J connectivity index is 1.79. The van der Waals surface area contributed by atoms with E-state index in [2.05, 4.69) is 23.8 Å². The van der Waals surface area contributed by atoms with E-state index < -0.39 is 0 Å². The van der Waals surface area contributed by atoms with Gasteiger partial charge >= 0.3 is 0 Å². The molecule has 3 aromatic rings. The van der Waals surface area contributed by atoms with Gasteiger partial charge in [0.1, 0.15) is 0 Å². The van der Waals surface area contributed by atoms with Gasteiger partial charge in [-0.2, -0.15) is 5.10 Å². The number of rotatable bonds is 4. The zero-order chi connectivity index (χ0) is 23.4. The van der Waals surface area contributed by atoms with Crippen LogP contribution >= 0.6 is 23.2 Å². The van der Waals surface area contributed by atoms with Gasteiger partial charge in [-0.1, -0.05) is 60.2 Å². The van der Waals surface area contributed by atoms with E-state index in [1.165, 1.54) is 6.42 Å². The topological polar surface area (TPSA) is 50.2 Å². The van der Waals surface area contributed by atoms with E-state index in [1.807, 2.05) is 36.2 Å². The summed E-state index contributed by atoms with van der Waals surface area (Å²) >= 11 is 12.6. The number of aromatic nitrogens is 2. The number of allylic oxidation sites excluding steroid dienone is 1. The molecular formula is C26H24Cl2N4O. The van der Waals surface area contributed by atoms with Gasteiger partial charge in [-0.3, -0.25) is 10.2 Å². The van der Waals surface area contributed by atoms with Gasteiger partial charge < -0.3 is 0 Å². The summed E-state index contributed by atoms with van der Waals surface area (Å²) in [4.78, 5) is 13.2. The summed E-state index contributed by atoms with van der Waals surface area (Å²) in [6, 6.07) is 13.0. The molecule has 0 spiro atoms. The van der Waals surface area contributed by atoms with Crippen molar-refractivity contribution < 1.29 is 4.79 Å². The fourth-order valence-corrected chi connectivity index (χ4v) is 4.41. The molecule has 1 fully saturated rings. The van der Waals surface area contributed by atoms with Crippen LogP contribution in [-0.4, -0.2) is 33.8 Å². The average Bonchev–Trinajstić information content (AvgIpc) is 3.15. The summed E-state index contributed by atoms with van der Waals surface area (Å²) in [5, 5.41) is 7.64. The third-order valence-corrected chi connectivity index (χ3v) is 6.11. The molecule has 1 aliphatic heterocycles. The molecule has 0 atom stereocenters. The van der Waals surface area contributed by atoms with E-state index >= 15 is 0 Å². The molecule has 0 saturated carbocycles. The highest BCUT2D eigenvalue weighted by atomic mass is 35.5. The number of piperidine rings is 1. The van der Waals surface area contributed by atoms with Gasteiger partial charge in [-0.25, -0.2) is 9.69 Å². The molecule has 4 rings (SSSR count). The predicted molar refractivity (Wildman–Crippen MR) is 134 cm³/mol. The molecule has 1 amide bonds. The van der Waals surface area contributed by atoms with E-state index in [9.17, 15) is 4.79 Å². The summed E-state index contributed by atoms with van der Waals surface area (Å²) in [6.07, 6.45) is 4.89. The lowest BCUT2D eigenvalue weighted by molar-refractivity contribution is 0.0743. The Hall–Kier alpha value is -3.04. The predicted octanol–water partition coefficient (Wildman–Crippen LogP) is 5.82. The van der Waals surface area contributed by atoms with Crippen LogP contribution in [0.15, 0.2) is 55.1 Å². The molecule has 0 bridgehead atoms. The monoisotopic (exact) mass is 478 g/mol. The molecular weight excluding hydrogens is 455 g/mol. The minimum Gasteiger partial charge on any atom is -0.283 e. The standard InChI is InChI=1S/C26H24Cl2N4O/c1-3-4-8-19-9-11-20(12-10-19)25-18(2)24(26(33)30-31-15-6-5-7-16-31)29-32(25)23-14-13-21(27)17-22(23)28/h3,9-14,17H,1,5-7,15-16H2,2H3,(H,30,33). The van der Waals surface area contributed by atoms with Gasteiger partial charge in [0.25, 0.3) is 5.91 Å². The molecule has 0 unspecified atom stereocenters. The van der Waals surface area contributed by atoms with E-state index in [4.69, 9.17) is 28.3 Å². The van der Waals surface area contributed by atoms with Crippen LogP contribution in [0.25, 0.3) is 16.9 Å². The van der Waals surface area contributed by atoms with Crippen molar-refractivity contribution >= 4 is 29.1 Å². The van der Waals surface area contributed by atoms with Crippen LogP contribution in [0.5, 0.6) is 0 Å². The molecule has 7 heteroatoms. The second kappa shape index (κ2) is 10.3. The highest BCUT2D eigenvalue weighted by Gasteiger charge is 2.24. The molecule has 2 aromatic carbocycles. The Bertz CT molecular complexity index is 1250. The summed E-state index contributed by atoms with van der Waals surface area (Å²) in [6.45, 7) is 7.21. The second-order valence-electron chi connectivity index (χ2n) is 7.87. The highest BCUT2D eigenvalue weighted by molar-refractivity contribution is 6.35. The van der Waals surface area contributed by atoms with Gasteiger partial charge in [0.05, 0.1) is 16.4 Å². The van der Waals surface area contributed by atoms with Crippen molar-refractivity contribution in [2.45, 2.75) is 26.2 Å². The van der Waals surface area contributed by atoms with Gasteiger partial charge in [0.2, 0.25) is 0 Å². The van der Waals surface area contributed by atoms with Crippen molar-refractivity contribution in [3.63, 3.8) is 0 Å². The van der Waals surface area contributed by atoms with Crippen LogP contribution in [0, 0.1) is 18.8 Å². The zero-order valence-corrected chi connectivity index (χ0v) is 19.9. The number of halogens is 2. The van der Waals surface area contributed by atoms with E-state index in [-0.39, 0.29) is 5.91 Å². The normalized spacial score (nSPS) is 13.8. The maximum absolute atomic E-state index is 13.2. The van der Waals surface area contributed by atoms with E-state index in [0.29, 0.717) is 21.4 Å². The molecule has 0 radical (unpaired) electrons. The van der Waals surface area contributed by atoms with Crippen LogP contribution in [-0.2, 0) is 0 Å². The molecule has 5 nitrogen and oxygen atoms in total. The smallest absolute Gasteiger partial charge is 0.283 e. The number of benzene rings is 2. The van der Waals surface area contributed by atoms with Crippen molar-refractivity contribution in [3.8, 4) is 28.8 Å². The van der Waals surface area contributed by atoms with Crippen LogP contribution < -0.4 is 5.43 Å². The summed E-state index contributed by atoms with van der Waals surface area (Å²) < 4.78 is 1.71.